The summed E-state index contributed by atoms with van der Waals surface area (Å²) in [5.41, 5.74) is 0.539. The highest BCUT2D eigenvalue weighted by molar-refractivity contribution is 5.27. The second-order valence-corrected chi connectivity index (χ2v) is 9.77. The van der Waals surface area contributed by atoms with E-state index in [2.05, 4.69) is 19.1 Å². The van der Waals surface area contributed by atoms with Gasteiger partial charge in [-0.1, -0.05) is 50.5 Å². The third kappa shape index (κ3) is 7.17. The molecule has 0 saturated heterocycles. The normalized spacial score (nSPS) is 28.1. The molecule has 0 amide bonds. The van der Waals surface area contributed by atoms with Crippen LogP contribution in [-0.2, 0) is 6.18 Å². The Balaban J connectivity index is 1.32. The van der Waals surface area contributed by atoms with Gasteiger partial charge in [-0.25, -0.2) is 0 Å². The molecule has 2 aliphatic rings. The Morgan fingerprint density at radius 3 is 2.03 bits per heavy atom. The molecule has 0 aromatic heterocycles. The van der Waals surface area contributed by atoms with E-state index in [0.717, 1.165) is 36.2 Å². The predicted molar refractivity (Wildman–Crippen MR) is 119 cm³/mol. The zero-order valence-electron chi connectivity index (χ0n) is 18.6. The number of hydrogen-bond acceptors (Lipinski definition) is 0. The van der Waals surface area contributed by atoms with Gasteiger partial charge in [-0.05, 0) is 106 Å². The zero-order chi connectivity index (χ0) is 21.4. The molecule has 1 aromatic rings. The summed E-state index contributed by atoms with van der Waals surface area (Å²) in [6, 6.07) is 5.86. The third-order valence-electron chi connectivity index (χ3n) is 7.56. The predicted octanol–water partition coefficient (Wildman–Crippen LogP) is 9.31. The van der Waals surface area contributed by atoms with Crippen molar-refractivity contribution in [3.8, 4) is 0 Å². The zero-order valence-corrected chi connectivity index (χ0v) is 18.6. The molecule has 0 aliphatic heterocycles. The minimum Gasteiger partial charge on any atom is -0.166 e. The van der Waals surface area contributed by atoms with Crippen molar-refractivity contribution in [1.82, 2.24) is 0 Å². The monoisotopic (exact) mass is 420 g/mol. The smallest absolute Gasteiger partial charge is 0.166 e. The molecule has 0 unspecified atom stereocenters. The lowest BCUT2D eigenvalue weighted by Crippen LogP contribution is -2.14. The van der Waals surface area contributed by atoms with Crippen LogP contribution >= 0.6 is 0 Å². The van der Waals surface area contributed by atoms with Crippen molar-refractivity contribution in [1.29, 1.82) is 0 Å². The standard InChI is InChI=1S/C27H39F3/c1-2-3-6-21-9-11-22(12-10-21)7-4-5-8-23-13-15-24(16-14-23)25-17-19-26(20-18-25)27(28,29)30/h4,7,17-24H,2-3,5-6,8-16H2,1H3/b7-4+. The second-order valence-electron chi connectivity index (χ2n) is 9.77. The third-order valence-corrected chi connectivity index (χ3v) is 7.56. The van der Waals surface area contributed by atoms with E-state index in [4.69, 9.17) is 0 Å². The molecule has 0 bridgehead atoms. The van der Waals surface area contributed by atoms with Crippen LogP contribution in [-0.4, -0.2) is 0 Å². The Bertz CT molecular complexity index is 627. The number of hydrogen-bond donors (Lipinski definition) is 0. The molecule has 0 N–H and O–H groups in total. The number of rotatable bonds is 8. The van der Waals surface area contributed by atoms with Crippen molar-refractivity contribution in [2.75, 3.05) is 0 Å². The molecule has 1 aromatic carbocycles. The lowest BCUT2D eigenvalue weighted by Gasteiger charge is -2.29. The van der Waals surface area contributed by atoms with E-state index in [1.807, 2.05) is 0 Å². The maximum absolute atomic E-state index is 12.7. The fourth-order valence-corrected chi connectivity index (χ4v) is 5.51. The lowest BCUT2D eigenvalue weighted by molar-refractivity contribution is -0.137. The Morgan fingerprint density at radius 2 is 1.43 bits per heavy atom. The van der Waals surface area contributed by atoms with Crippen LogP contribution in [0.2, 0.25) is 0 Å². The SMILES string of the molecule is CCCCC1CCC(/C=C/CCC2CCC(c3ccc(C(F)(F)F)cc3)CC2)CC1. The molecule has 0 heterocycles. The quantitative estimate of drug-likeness (QED) is 0.367. The van der Waals surface area contributed by atoms with Crippen molar-refractivity contribution in [3.05, 3.63) is 47.5 Å². The first-order valence-corrected chi connectivity index (χ1v) is 12.3. The molecule has 2 saturated carbocycles. The van der Waals surface area contributed by atoms with Crippen molar-refractivity contribution in [2.45, 2.75) is 102 Å². The van der Waals surface area contributed by atoms with Gasteiger partial charge in [0.1, 0.15) is 0 Å². The Morgan fingerprint density at radius 1 is 0.833 bits per heavy atom. The minimum atomic E-state index is -4.24. The second kappa shape index (κ2) is 11.4. The Kier molecular flexibility index (Phi) is 8.89. The number of benzene rings is 1. The lowest BCUT2D eigenvalue weighted by atomic mass is 9.77. The molecule has 3 rings (SSSR count). The molecule has 0 spiro atoms. The van der Waals surface area contributed by atoms with Gasteiger partial charge in [0.2, 0.25) is 0 Å². The highest BCUT2D eigenvalue weighted by Gasteiger charge is 2.30. The first kappa shape index (κ1) is 23.4. The Hall–Kier alpha value is -1.25. The Labute approximate surface area is 181 Å². The molecule has 3 heteroatoms. The van der Waals surface area contributed by atoms with Gasteiger partial charge >= 0.3 is 6.18 Å². The van der Waals surface area contributed by atoms with E-state index in [0.29, 0.717) is 5.92 Å². The van der Waals surface area contributed by atoms with Gasteiger partial charge in [-0.2, -0.15) is 13.2 Å². The van der Waals surface area contributed by atoms with Crippen LogP contribution in [0.4, 0.5) is 13.2 Å². The van der Waals surface area contributed by atoms with E-state index >= 15 is 0 Å². The van der Waals surface area contributed by atoms with Gasteiger partial charge < -0.3 is 0 Å². The van der Waals surface area contributed by atoms with Gasteiger partial charge in [0.15, 0.2) is 0 Å². The topological polar surface area (TPSA) is 0 Å². The molecule has 0 nitrogen and oxygen atoms in total. The fourth-order valence-electron chi connectivity index (χ4n) is 5.51. The van der Waals surface area contributed by atoms with Gasteiger partial charge in [0.25, 0.3) is 0 Å². The number of allylic oxidation sites excluding steroid dienone is 2. The molecule has 0 radical (unpaired) electrons. The highest BCUT2D eigenvalue weighted by atomic mass is 19.4. The van der Waals surface area contributed by atoms with Crippen LogP contribution in [0.25, 0.3) is 0 Å². The van der Waals surface area contributed by atoms with Gasteiger partial charge in [0.05, 0.1) is 5.56 Å². The van der Waals surface area contributed by atoms with E-state index in [-0.39, 0.29) is 0 Å². The summed E-state index contributed by atoms with van der Waals surface area (Å²) in [6.45, 7) is 2.29. The summed E-state index contributed by atoms with van der Waals surface area (Å²) in [7, 11) is 0. The summed E-state index contributed by atoms with van der Waals surface area (Å²) in [4.78, 5) is 0. The van der Waals surface area contributed by atoms with E-state index < -0.39 is 11.7 Å². The molecule has 2 aliphatic carbocycles. The molecular weight excluding hydrogens is 381 g/mol. The summed E-state index contributed by atoms with van der Waals surface area (Å²) >= 11 is 0. The molecule has 168 valence electrons. The fraction of sp³-hybridized carbons (Fsp3) is 0.704. The maximum Gasteiger partial charge on any atom is 0.416 e. The van der Waals surface area contributed by atoms with Gasteiger partial charge in [-0.3, -0.25) is 0 Å². The van der Waals surface area contributed by atoms with Crippen LogP contribution in [0, 0.1) is 17.8 Å². The van der Waals surface area contributed by atoms with Crippen LogP contribution in [0.5, 0.6) is 0 Å². The minimum absolute atomic E-state index is 0.432. The summed E-state index contributed by atoms with van der Waals surface area (Å²) in [5.74, 6) is 3.00. The van der Waals surface area contributed by atoms with Crippen molar-refractivity contribution in [3.63, 3.8) is 0 Å². The van der Waals surface area contributed by atoms with E-state index in [9.17, 15) is 13.2 Å². The largest absolute Gasteiger partial charge is 0.416 e. The van der Waals surface area contributed by atoms with E-state index in [1.165, 1.54) is 82.8 Å². The molecule has 2 fully saturated rings. The average Bonchev–Trinajstić information content (AvgIpc) is 2.76. The van der Waals surface area contributed by atoms with Crippen molar-refractivity contribution >= 4 is 0 Å². The van der Waals surface area contributed by atoms with Gasteiger partial charge in [-0.15, -0.1) is 0 Å². The number of halogens is 3. The summed E-state index contributed by atoms with van der Waals surface area (Å²) in [6.07, 6.45) is 17.5. The van der Waals surface area contributed by atoms with Crippen LogP contribution in [0.3, 0.4) is 0 Å². The van der Waals surface area contributed by atoms with E-state index in [1.54, 1.807) is 12.1 Å². The maximum atomic E-state index is 12.7. The average molecular weight is 421 g/mol. The first-order chi connectivity index (χ1) is 14.5. The molecule has 30 heavy (non-hydrogen) atoms. The van der Waals surface area contributed by atoms with Crippen LogP contribution in [0.1, 0.15) is 107 Å². The first-order valence-electron chi connectivity index (χ1n) is 12.3. The highest BCUT2D eigenvalue weighted by Crippen LogP contribution is 2.39. The summed E-state index contributed by atoms with van der Waals surface area (Å²) < 4.78 is 38.2. The van der Waals surface area contributed by atoms with Crippen molar-refractivity contribution in [2.24, 2.45) is 17.8 Å². The number of unbranched alkanes of at least 4 members (excludes halogenated alkanes) is 1. The number of alkyl halides is 3. The molecular formula is C27H39F3. The molecule has 0 atom stereocenters. The van der Waals surface area contributed by atoms with Gasteiger partial charge in [0, 0.05) is 0 Å². The summed E-state index contributed by atoms with van der Waals surface area (Å²) in [5, 5.41) is 0. The van der Waals surface area contributed by atoms with Crippen molar-refractivity contribution < 1.29 is 13.2 Å². The van der Waals surface area contributed by atoms with Crippen LogP contribution in [0.15, 0.2) is 36.4 Å². The van der Waals surface area contributed by atoms with Crippen LogP contribution < -0.4 is 0 Å².